The SMILES string of the molecule is c1cc(CNc2nccn3cnnc23)on1. The van der Waals surface area contributed by atoms with Crippen molar-refractivity contribution in [3.63, 3.8) is 0 Å². The second kappa shape index (κ2) is 3.61. The van der Waals surface area contributed by atoms with E-state index in [1.807, 2.05) is 0 Å². The highest BCUT2D eigenvalue weighted by molar-refractivity contribution is 5.61. The molecule has 7 heteroatoms. The number of aromatic nitrogens is 5. The first-order valence-electron chi connectivity index (χ1n) is 4.71. The van der Waals surface area contributed by atoms with Crippen LogP contribution >= 0.6 is 0 Å². The standard InChI is InChI=1S/C9H8N6O/c1-2-13-16-7(1)5-11-8-9-14-12-6-15(9)4-3-10-8/h1-4,6H,5H2,(H,10,11). The second-order valence-electron chi connectivity index (χ2n) is 3.17. The molecule has 0 radical (unpaired) electrons. The van der Waals surface area contributed by atoms with E-state index < -0.39 is 0 Å². The van der Waals surface area contributed by atoms with Gasteiger partial charge in [0.15, 0.2) is 11.6 Å². The van der Waals surface area contributed by atoms with Crippen molar-refractivity contribution in [2.75, 3.05) is 5.32 Å². The summed E-state index contributed by atoms with van der Waals surface area (Å²) in [5, 5.41) is 14.5. The maximum Gasteiger partial charge on any atom is 0.203 e. The fourth-order valence-corrected chi connectivity index (χ4v) is 1.39. The minimum absolute atomic E-state index is 0.513. The number of rotatable bonds is 3. The monoisotopic (exact) mass is 216 g/mol. The Morgan fingerprint density at radius 1 is 1.38 bits per heavy atom. The molecule has 3 aromatic heterocycles. The molecule has 0 fully saturated rings. The lowest BCUT2D eigenvalue weighted by Gasteiger charge is -2.02. The van der Waals surface area contributed by atoms with E-state index in [2.05, 4.69) is 25.7 Å². The van der Waals surface area contributed by atoms with E-state index >= 15 is 0 Å². The predicted molar refractivity (Wildman–Crippen MR) is 54.6 cm³/mol. The molecule has 7 nitrogen and oxygen atoms in total. The molecule has 3 heterocycles. The number of hydrogen-bond donors (Lipinski definition) is 1. The van der Waals surface area contributed by atoms with Crippen molar-refractivity contribution in [2.24, 2.45) is 0 Å². The van der Waals surface area contributed by atoms with Gasteiger partial charge in [-0.2, -0.15) is 0 Å². The van der Waals surface area contributed by atoms with Crippen LogP contribution in [0.4, 0.5) is 5.82 Å². The molecule has 3 aromatic rings. The zero-order valence-corrected chi connectivity index (χ0v) is 8.24. The number of fused-ring (bicyclic) bond motifs is 1. The largest absolute Gasteiger partial charge is 0.360 e. The highest BCUT2D eigenvalue weighted by atomic mass is 16.5. The van der Waals surface area contributed by atoms with Crippen molar-refractivity contribution in [3.8, 4) is 0 Å². The molecule has 0 bridgehead atoms. The van der Waals surface area contributed by atoms with Crippen molar-refractivity contribution in [3.05, 3.63) is 36.7 Å². The number of hydrogen-bond acceptors (Lipinski definition) is 6. The molecule has 0 unspecified atom stereocenters. The summed E-state index contributed by atoms with van der Waals surface area (Å²) in [4.78, 5) is 4.18. The topological polar surface area (TPSA) is 81.1 Å². The van der Waals surface area contributed by atoms with Crippen LogP contribution in [0.1, 0.15) is 5.76 Å². The molecule has 1 N–H and O–H groups in total. The molecule has 3 rings (SSSR count). The van der Waals surface area contributed by atoms with Crippen molar-refractivity contribution in [2.45, 2.75) is 6.54 Å². The molecule has 0 aliphatic carbocycles. The molecule has 0 saturated heterocycles. The molecule has 0 amide bonds. The molecule has 0 aliphatic rings. The summed E-state index contributed by atoms with van der Waals surface area (Å²) < 4.78 is 6.75. The van der Waals surface area contributed by atoms with Gasteiger partial charge in [-0.05, 0) is 0 Å². The molecule has 16 heavy (non-hydrogen) atoms. The summed E-state index contributed by atoms with van der Waals surface area (Å²) in [6, 6.07) is 1.79. The van der Waals surface area contributed by atoms with Crippen LogP contribution in [-0.2, 0) is 6.54 Å². The molecule has 80 valence electrons. The highest BCUT2D eigenvalue weighted by Gasteiger charge is 2.04. The second-order valence-corrected chi connectivity index (χ2v) is 3.17. The Morgan fingerprint density at radius 2 is 2.38 bits per heavy atom. The van der Waals surface area contributed by atoms with Gasteiger partial charge in [0.2, 0.25) is 5.65 Å². The van der Waals surface area contributed by atoms with Crippen LogP contribution in [0.3, 0.4) is 0 Å². The predicted octanol–water partition coefficient (Wildman–Crippen LogP) is 0.724. The lowest BCUT2D eigenvalue weighted by molar-refractivity contribution is 0.388. The zero-order valence-electron chi connectivity index (χ0n) is 8.24. The lowest BCUT2D eigenvalue weighted by Crippen LogP contribution is -2.02. The van der Waals surface area contributed by atoms with Crippen LogP contribution in [0.15, 0.2) is 35.5 Å². The Labute approximate surface area is 90.1 Å². The summed E-state index contributed by atoms with van der Waals surface area (Å²) in [5.74, 6) is 1.40. The Kier molecular flexibility index (Phi) is 1.99. The minimum atomic E-state index is 0.513. The molecule has 0 saturated carbocycles. The van der Waals surface area contributed by atoms with Gasteiger partial charge in [-0.3, -0.25) is 4.40 Å². The van der Waals surface area contributed by atoms with Crippen LogP contribution in [0.2, 0.25) is 0 Å². The van der Waals surface area contributed by atoms with E-state index in [0.717, 1.165) is 5.76 Å². The molecule has 0 atom stereocenters. The van der Waals surface area contributed by atoms with E-state index in [9.17, 15) is 0 Å². The van der Waals surface area contributed by atoms with Gasteiger partial charge in [0, 0.05) is 18.5 Å². The van der Waals surface area contributed by atoms with Gasteiger partial charge >= 0.3 is 0 Å². The normalized spacial score (nSPS) is 10.8. The van der Waals surface area contributed by atoms with E-state index in [1.54, 1.807) is 35.4 Å². The van der Waals surface area contributed by atoms with Crippen LogP contribution in [0, 0.1) is 0 Å². The van der Waals surface area contributed by atoms with Gasteiger partial charge in [0.1, 0.15) is 6.33 Å². The van der Waals surface area contributed by atoms with Gasteiger partial charge in [0.25, 0.3) is 0 Å². The Hall–Kier alpha value is -2.44. The van der Waals surface area contributed by atoms with Gasteiger partial charge in [-0.15, -0.1) is 10.2 Å². The van der Waals surface area contributed by atoms with Crippen LogP contribution in [-0.4, -0.2) is 24.7 Å². The third kappa shape index (κ3) is 1.48. The summed E-state index contributed by atoms with van der Waals surface area (Å²) >= 11 is 0. The van der Waals surface area contributed by atoms with Gasteiger partial charge in [-0.25, -0.2) is 4.98 Å². The number of nitrogens with zero attached hydrogens (tertiary/aromatic N) is 5. The summed E-state index contributed by atoms with van der Waals surface area (Å²) in [5.41, 5.74) is 0.682. The van der Waals surface area contributed by atoms with Gasteiger partial charge in [-0.1, -0.05) is 5.16 Å². The maximum absolute atomic E-state index is 4.97. The van der Waals surface area contributed by atoms with Crippen molar-refractivity contribution in [1.29, 1.82) is 0 Å². The zero-order chi connectivity index (χ0) is 10.8. The van der Waals surface area contributed by atoms with Crippen LogP contribution in [0.5, 0.6) is 0 Å². The smallest absolute Gasteiger partial charge is 0.203 e. The Bertz CT molecular complexity index is 587. The van der Waals surface area contributed by atoms with Crippen molar-refractivity contribution >= 4 is 11.5 Å². The molecule has 0 aliphatic heterocycles. The fourth-order valence-electron chi connectivity index (χ4n) is 1.39. The highest BCUT2D eigenvalue weighted by Crippen LogP contribution is 2.10. The summed E-state index contributed by atoms with van der Waals surface area (Å²) in [7, 11) is 0. The van der Waals surface area contributed by atoms with Crippen LogP contribution in [0.25, 0.3) is 5.65 Å². The first kappa shape index (κ1) is 8.84. The Morgan fingerprint density at radius 3 is 3.25 bits per heavy atom. The summed E-state index contributed by atoms with van der Waals surface area (Å²) in [6.45, 7) is 0.513. The molecular formula is C9H8N6O. The first-order chi connectivity index (χ1) is 7.93. The number of anilines is 1. The van der Waals surface area contributed by atoms with Crippen molar-refractivity contribution < 1.29 is 4.52 Å². The maximum atomic E-state index is 4.97. The van der Waals surface area contributed by atoms with E-state index in [4.69, 9.17) is 4.52 Å². The first-order valence-corrected chi connectivity index (χ1v) is 4.71. The van der Waals surface area contributed by atoms with Crippen LogP contribution < -0.4 is 5.32 Å². The van der Waals surface area contributed by atoms with E-state index in [1.165, 1.54) is 0 Å². The average molecular weight is 216 g/mol. The third-order valence-corrected chi connectivity index (χ3v) is 2.14. The van der Waals surface area contributed by atoms with Crippen molar-refractivity contribution in [1.82, 2.24) is 24.7 Å². The molecule has 0 spiro atoms. The van der Waals surface area contributed by atoms with Gasteiger partial charge in [0.05, 0.1) is 12.7 Å². The quantitative estimate of drug-likeness (QED) is 0.694. The average Bonchev–Trinajstić information content (AvgIpc) is 2.97. The van der Waals surface area contributed by atoms with Gasteiger partial charge < -0.3 is 9.84 Å². The van der Waals surface area contributed by atoms with E-state index in [-0.39, 0.29) is 0 Å². The third-order valence-electron chi connectivity index (χ3n) is 2.14. The lowest BCUT2D eigenvalue weighted by atomic mass is 10.4. The fraction of sp³-hybridized carbons (Fsp3) is 0.111. The number of nitrogens with one attached hydrogen (secondary N) is 1. The summed E-state index contributed by atoms with van der Waals surface area (Å²) in [6.07, 6.45) is 6.69. The van der Waals surface area contributed by atoms with E-state index in [0.29, 0.717) is 18.0 Å². The molecular weight excluding hydrogens is 208 g/mol. The molecule has 0 aromatic carbocycles. The minimum Gasteiger partial charge on any atom is -0.360 e. The Balaban J connectivity index is 1.86.